The van der Waals surface area contributed by atoms with E-state index in [9.17, 15) is 9.90 Å². The second-order valence-electron chi connectivity index (χ2n) is 5.49. The quantitative estimate of drug-likeness (QED) is 0.877. The van der Waals surface area contributed by atoms with Gasteiger partial charge in [0.2, 0.25) is 5.91 Å². The first-order chi connectivity index (χ1) is 8.99. The average Bonchev–Trinajstić information content (AvgIpc) is 2.75. The monoisotopic (exact) mass is 262 g/mol. The lowest BCUT2D eigenvalue weighted by Crippen LogP contribution is -2.28. The minimum Gasteiger partial charge on any atom is -0.392 e. The first-order valence-corrected chi connectivity index (χ1v) is 6.76. The molecule has 1 aliphatic carbocycles. The summed E-state index contributed by atoms with van der Waals surface area (Å²) in [6.45, 7) is 2.02. The van der Waals surface area contributed by atoms with Gasteiger partial charge in [0.1, 0.15) is 0 Å². The molecule has 2 unspecified atom stereocenters. The molecule has 1 aliphatic rings. The normalized spacial score (nSPS) is 22.3. The van der Waals surface area contributed by atoms with Crippen molar-refractivity contribution in [2.75, 3.05) is 24.3 Å². The molecule has 1 saturated carbocycles. The average molecular weight is 262 g/mol. The molecular formula is C15H22N2O2. The van der Waals surface area contributed by atoms with Gasteiger partial charge in [-0.1, -0.05) is 0 Å². The topological polar surface area (TPSA) is 52.6 Å². The van der Waals surface area contributed by atoms with Crippen molar-refractivity contribution in [1.82, 2.24) is 0 Å². The molecule has 4 heteroatoms. The predicted molar refractivity (Wildman–Crippen MR) is 77.5 cm³/mol. The van der Waals surface area contributed by atoms with Crippen molar-refractivity contribution in [3.8, 4) is 0 Å². The van der Waals surface area contributed by atoms with Gasteiger partial charge in [-0.3, -0.25) is 4.79 Å². The fourth-order valence-corrected chi connectivity index (χ4v) is 2.72. The van der Waals surface area contributed by atoms with Crippen LogP contribution in [0.15, 0.2) is 18.2 Å². The van der Waals surface area contributed by atoms with Gasteiger partial charge in [-0.2, -0.15) is 0 Å². The number of carbonyl (C=O) groups is 1. The molecule has 1 amide bonds. The first kappa shape index (κ1) is 13.9. The third kappa shape index (κ3) is 3.07. The van der Waals surface area contributed by atoms with E-state index in [1.165, 1.54) is 0 Å². The third-order valence-electron chi connectivity index (χ3n) is 3.76. The maximum atomic E-state index is 12.1. The highest BCUT2D eigenvalue weighted by Gasteiger charge is 2.31. The van der Waals surface area contributed by atoms with Crippen LogP contribution in [0.4, 0.5) is 11.4 Å². The first-order valence-electron chi connectivity index (χ1n) is 6.76. The zero-order valence-electron chi connectivity index (χ0n) is 11.8. The van der Waals surface area contributed by atoms with Gasteiger partial charge in [0.15, 0.2) is 0 Å². The molecule has 19 heavy (non-hydrogen) atoms. The SMILES string of the molecule is Cc1cc(NC(=O)C2CCCC2O)ccc1N(C)C. The number of amides is 1. The van der Waals surface area contributed by atoms with Gasteiger partial charge in [0, 0.05) is 25.5 Å². The van der Waals surface area contributed by atoms with Crippen molar-refractivity contribution in [3.63, 3.8) is 0 Å². The standard InChI is InChI=1S/C15H22N2O2/c1-10-9-11(7-8-13(10)17(2)3)16-15(19)12-5-4-6-14(12)18/h7-9,12,14,18H,4-6H2,1-3H3,(H,16,19). The summed E-state index contributed by atoms with van der Waals surface area (Å²) in [5.74, 6) is -0.323. The number of carbonyl (C=O) groups excluding carboxylic acids is 1. The van der Waals surface area contributed by atoms with Crippen molar-refractivity contribution in [3.05, 3.63) is 23.8 Å². The maximum Gasteiger partial charge on any atom is 0.230 e. The van der Waals surface area contributed by atoms with Crippen LogP contribution < -0.4 is 10.2 Å². The molecule has 0 spiro atoms. The van der Waals surface area contributed by atoms with Gasteiger partial charge >= 0.3 is 0 Å². The molecule has 0 bridgehead atoms. The van der Waals surface area contributed by atoms with Crippen molar-refractivity contribution < 1.29 is 9.90 Å². The van der Waals surface area contributed by atoms with Crippen LogP contribution in [0.3, 0.4) is 0 Å². The third-order valence-corrected chi connectivity index (χ3v) is 3.76. The van der Waals surface area contributed by atoms with Crippen molar-refractivity contribution in [1.29, 1.82) is 0 Å². The highest BCUT2D eigenvalue weighted by Crippen LogP contribution is 2.27. The molecule has 2 rings (SSSR count). The van der Waals surface area contributed by atoms with Crippen molar-refractivity contribution in [2.45, 2.75) is 32.3 Å². The molecular weight excluding hydrogens is 240 g/mol. The maximum absolute atomic E-state index is 12.1. The van der Waals surface area contributed by atoms with Crippen LogP contribution in [0.2, 0.25) is 0 Å². The molecule has 0 heterocycles. The van der Waals surface area contributed by atoms with E-state index < -0.39 is 6.10 Å². The van der Waals surface area contributed by atoms with E-state index in [2.05, 4.69) is 5.32 Å². The number of nitrogens with one attached hydrogen (secondary N) is 1. The Labute approximate surface area is 114 Å². The number of aliphatic hydroxyl groups excluding tert-OH is 1. The summed E-state index contributed by atoms with van der Waals surface area (Å²) >= 11 is 0. The lowest BCUT2D eigenvalue weighted by molar-refractivity contribution is -0.122. The molecule has 1 aromatic carbocycles. The molecule has 0 aliphatic heterocycles. The number of hydrogen-bond donors (Lipinski definition) is 2. The highest BCUT2D eigenvalue weighted by molar-refractivity contribution is 5.93. The van der Waals surface area contributed by atoms with Gasteiger partial charge in [0.25, 0.3) is 0 Å². The molecule has 2 N–H and O–H groups in total. The Morgan fingerprint density at radius 2 is 2.11 bits per heavy atom. The fraction of sp³-hybridized carbons (Fsp3) is 0.533. The summed E-state index contributed by atoms with van der Waals surface area (Å²) in [5.41, 5.74) is 3.06. The number of nitrogens with zero attached hydrogens (tertiary/aromatic N) is 1. The molecule has 1 aromatic rings. The van der Waals surface area contributed by atoms with Gasteiger partial charge in [-0.05, 0) is 49.9 Å². The van der Waals surface area contributed by atoms with E-state index in [-0.39, 0.29) is 11.8 Å². The van der Waals surface area contributed by atoms with E-state index in [0.717, 1.165) is 36.2 Å². The summed E-state index contributed by atoms with van der Waals surface area (Å²) in [5, 5.41) is 12.6. The molecule has 0 aromatic heterocycles. The molecule has 2 atom stereocenters. The number of hydrogen-bond acceptors (Lipinski definition) is 3. The summed E-state index contributed by atoms with van der Waals surface area (Å²) in [6, 6.07) is 5.87. The van der Waals surface area contributed by atoms with Crippen LogP contribution in [0, 0.1) is 12.8 Å². The van der Waals surface area contributed by atoms with E-state index in [1.807, 2.05) is 44.1 Å². The van der Waals surface area contributed by atoms with Crippen LogP contribution in [0.25, 0.3) is 0 Å². The second kappa shape index (κ2) is 5.61. The summed E-state index contributed by atoms with van der Waals surface area (Å²) in [6.07, 6.45) is 1.96. The van der Waals surface area contributed by atoms with E-state index in [1.54, 1.807) is 0 Å². The number of aliphatic hydroxyl groups is 1. The van der Waals surface area contributed by atoms with Gasteiger partial charge in [-0.25, -0.2) is 0 Å². The molecule has 0 radical (unpaired) electrons. The lowest BCUT2D eigenvalue weighted by Gasteiger charge is -2.18. The number of rotatable bonds is 3. The Balaban J connectivity index is 2.07. The summed E-state index contributed by atoms with van der Waals surface area (Å²) in [7, 11) is 3.99. The van der Waals surface area contributed by atoms with Crippen molar-refractivity contribution in [2.24, 2.45) is 5.92 Å². The largest absolute Gasteiger partial charge is 0.392 e. The van der Waals surface area contributed by atoms with Crippen LogP contribution >= 0.6 is 0 Å². The zero-order valence-corrected chi connectivity index (χ0v) is 11.8. The Hall–Kier alpha value is -1.55. The number of benzene rings is 1. The fourth-order valence-electron chi connectivity index (χ4n) is 2.72. The molecule has 104 valence electrons. The highest BCUT2D eigenvalue weighted by atomic mass is 16.3. The Kier molecular flexibility index (Phi) is 4.10. The van der Waals surface area contributed by atoms with E-state index in [0.29, 0.717) is 0 Å². The van der Waals surface area contributed by atoms with Gasteiger partial charge in [0.05, 0.1) is 12.0 Å². The molecule has 4 nitrogen and oxygen atoms in total. The van der Waals surface area contributed by atoms with Crippen LogP contribution in [0.5, 0.6) is 0 Å². The summed E-state index contributed by atoms with van der Waals surface area (Å²) < 4.78 is 0. The zero-order chi connectivity index (χ0) is 14.0. The minimum absolute atomic E-state index is 0.0676. The van der Waals surface area contributed by atoms with Crippen LogP contribution in [-0.4, -0.2) is 31.2 Å². The predicted octanol–water partition coefficient (Wildman–Crippen LogP) is 2.16. The van der Waals surface area contributed by atoms with E-state index >= 15 is 0 Å². The lowest BCUT2D eigenvalue weighted by atomic mass is 10.0. The Morgan fingerprint density at radius 3 is 2.63 bits per heavy atom. The Morgan fingerprint density at radius 1 is 1.37 bits per heavy atom. The van der Waals surface area contributed by atoms with Gasteiger partial charge in [-0.15, -0.1) is 0 Å². The number of anilines is 2. The summed E-state index contributed by atoms with van der Waals surface area (Å²) in [4.78, 5) is 14.1. The van der Waals surface area contributed by atoms with Crippen LogP contribution in [-0.2, 0) is 4.79 Å². The van der Waals surface area contributed by atoms with Crippen LogP contribution in [0.1, 0.15) is 24.8 Å². The minimum atomic E-state index is -0.484. The van der Waals surface area contributed by atoms with Crippen molar-refractivity contribution >= 4 is 17.3 Å². The van der Waals surface area contributed by atoms with E-state index in [4.69, 9.17) is 0 Å². The smallest absolute Gasteiger partial charge is 0.230 e. The number of aryl methyl sites for hydroxylation is 1. The second-order valence-corrected chi connectivity index (χ2v) is 5.49. The molecule has 1 fully saturated rings. The Bertz CT molecular complexity index is 471. The molecule has 0 saturated heterocycles. The van der Waals surface area contributed by atoms with Gasteiger partial charge < -0.3 is 15.3 Å².